The third-order valence-electron chi connectivity index (χ3n) is 12.2. The molecule has 4 unspecified atom stereocenters. The number of nitrogens with one attached hydrogen (secondary N) is 2. The summed E-state index contributed by atoms with van der Waals surface area (Å²) >= 11 is 25.6. The van der Waals surface area contributed by atoms with Gasteiger partial charge >= 0.3 is 0 Å². The quantitative estimate of drug-likeness (QED) is 0.0534. The summed E-state index contributed by atoms with van der Waals surface area (Å²) in [5, 5.41) is 22.5. The lowest BCUT2D eigenvalue weighted by Gasteiger charge is -2.33. The minimum absolute atomic E-state index is 0.00720. The Hall–Kier alpha value is -3.52. The lowest BCUT2D eigenvalue weighted by atomic mass is 9.85. The number of amides is 2. The van der Waals surface area contributed by atoms with Gasteiger partial charge in [0.25, 0.3) is 5.91 Å². The molecule has 0 radical (unpaired) electrons. The molecule has 0 aromatic heterocycles. The largest absolute Gasteiger partial charge is 0.380 e. The number of aliphatic hydroxyl groups is 2. The number of nitrogens with two attached hydrogens (primary N) is 1. The molecule has 18 nitrogen and oxygen atoms in total. The van der Waals surface area contributed by atoms with Crippen LogP contribution in [0.3, 0.4) is 0 Å². The van der Waals surface area contributed by atoms with Crippen molar-refractivity contribution in [1.82, 2.24) is 24.1 Å². The fraction of sp³-hybridized carbons (Fsp3) is 0.458. The summed E-state index contributed by atoms with van der Waals surface area (Å²) in [6, 6.07) is 20.6. The minimum Gasteiger partial charge on any atom is -0.380 e. The highest BCUT2D eigenvalue weighted by molar-refractivity contribution is 7.89. The van der Waals surface area contributed by atoms with Crippen LogP contribution in [0.15, 0.2) is 82.6 Å². The number of aliphatic hydroxyl groups excluding tert-OH is 2. The maximum absolute atomic E-state index is 13.0. The van der Waals surface area contributed by atoms with Crippen LogP contribution >= 0.6 is 46.4 Å². The van der Waals surface area contributed by atoms with Crippen LogP contribution in [-0.4, -0.2) is 172 Å². The first-order valence-corrected chi connectivity index (χ1v) is 27.5. The zero-order chi connectivity index (χ0) is 52.2. The Morgan fingerprint density at radius 3 is 1.38 bits per heavy atom. The Kier molecular flexibility index (Phi) is 21.5. The van der Waals surface area contributed by atoms with Gasteiger partial charge in [0, 0.05) is 84.3 Å². The molecular formula is C48H60Cl4N6O12S2. The van der Waals surface area contributed by atoms with E-state index in [1.807, 2.05) is 26.2 Å². The second-order valence-corrected chi connectivity index (χ2v) is 22.6. The van der Waals surface area contributed by atoms with Gasteiger partial charge in [-0.15, -0.1) is 0 Å². The summed E-state index contributed by atoms with van der Waals surface area (Å²) in [6.07, 6.45) is -4.26. The van der Waals surface area contributed by atoms with E-state index in [9.17, 15) is 36.6 Å². The van der Waals surface area contributed by atoms with Crippen molar-refractivity contribution in [2.45, 2.75) is 46.9 Å². The molecule has 2 amide bonds. The van der Waals surface area contributed by atoms with E-state index in [1.165, 1.54) is 0 Å². The van der Waals surface area contributed by atoms with Gasteiger partial charge in [-0.25, -0.2) is 26.3 Å². The molecule has 394 valence electrons. The lowest BCUT2D eigenvalue weighted by Crippen LogP contribution is -2.51. The Morgan fingerprint density at radius 2 is 1.00 bits per heavy atom. The number of sulfonamides is 2. The Bertz CT molecular complexity index is 2550. The van der Waals surface area contributed by atoms with E-state index >= 15 is 0 Å². The van der Waals surface area contributed by atoms with Crippen LogP contribution in [0.4, 0.5) is 0 Å². The number of halogens is 4. The maximum atomic E-state index is 13.0. The molecule has 6 rings (SSSR count). The van der Waals surface area contributed by atoms with Gasteiger partial charge in [0.1, 0.15) is 0 Å². The number of carbonyl (C=O) groups excluding carboxylic acids is 2. The van der Waals surface area contributed by atoms with Crippen LogP contribution in [-0.2, 0) is 61.7 Å². The van der Waals surface area contributed by atoms with Crippen molar-refractivity contribution >= 4 is 78.3 Å². The molecule has 4 aromatic carbocycles. The second-order valence-electron chi connectivity index (χ2n) is 17.4. The van der Waals surface area contributed by atoms with E-state index in [0.717, 1.165) is 38.3 Å². The zero-order valence-corrected chi connectivity index (χ0v) is 44.4. The number of nitrogens with zero attached hydrogens (tertiary/aromatic N) is 3. The molecule has 2 aliphatic rings. The highest BCUT2D eigenvalue weighted by Gasteiger charge is 2.33. The second kappa shape index (κ2) is 26.8. The van der Waals surface area contributed by atoms with E-state index in [4.69, 9.17) is 71.1 Å². The van der Waals surface area contributed by atoms with Crippen molar-refractivity contribution in [3.63, 3.8) is 0 Å². The maximum Gasteiger partial charge on any atom is 0.254 e. The average Bonchev–Trinajstić information content (AvgIpc) is 3.34. The number of likely N-dealkylation sites (N-methyl/N-ethyl adjacent to an activating group) is 2. The highest BCUT2D eigenvalue weighted by atomic mass is 35.5. The number of benzene rings is 4. The molecule has 0 saturated carbocycles. The molecule has 2 heterocycles. The molecular weight excluding hydrogens is 1060 g/mol. The molecule has 0 fully saturated rings. The first-order valence-electron chi connectivity index (χ1n) is 23.0. The fourth-order valence-electron chi connectivity index (χ4n) is 8.49. The Balaban J connectivity index is 0.857. The highest BCUT2D eigenvalue weighted by Crippen LogP contribution is 2.40. The zero-order valence-electron chi connectivity index (χ0n) is 39.8. The van der Waals surface area contributed by atoms with Gasteiger partial charge in [-0.1, -0.05) is 70.7 Å². The number of fused-ring (bicyclic) bond motifs is 2. The summed E-state index contributed by atoms with van der Waals surface area (Å²) in [4.78, 5) is 30.1. The van der Waals surface area contributed by atoms with Gasteiger partial charge in [-0.05, 0) is 96.0 Å². The van der Waals surface area contributed by atoms with E-state index in [1.54, 1.807) is 60.7 Å². The normalized spacial score (nSPS) is 17.3. The van der Waals surface area contributed by atoms with Gasteiger partial charge < -0.3 is 49.6 Å². The molecule has 24 heteroatoms. The number of carbonyl (C=O) groups is 2. The summed E-state index contributed by atoms with van der Waals surface area (Å²) in [5.74, 6) is -2.34. The summed E-state index contributed by atoms with van der Waals surface area (Å²) < 4.78 is 79.4. The van der Waals surface area contributed by atoms with Gasteiger partial charge in [0.15, 0.2) is 12.2 Å². The number of ether oxygens (including phenoxy) is 4. The molecule has 4 atom stereocenters. The standard InChI is InChI=1S/C48H60Cl4N6O12S2/c1-56-27-39(37-23-33(49)25-43(51)41(37)29-56)31-3-7-35(8-4-31)71(63,64)54-11-15-67-19-21-69-17-13-58(48(62)46(60)45(59)47(53)61)14-18-70-22-20-68-16-12-55-72(65,66)36-9-5-32(6-10-36)40-28-57(2)30-42-38(40)24-34(50)26-44(42)52/h3-10,23-26,39-40,45-46,54-55,59-60H,11-22,27-30H2,1-2H3,(H2,53,61). The van der Waals surface area contributed by atoms with Crippen molar-refractivity contribution < 1.29 is 55.6 Å². The minimum atomic E-state index is -3.84. The predicted octanol–water partition coefficient (Wildman–Crippen LogP) is 3.81. The van der Waals surface area contributed by atoms with E-state index < -0.39 is 44.1 Å². The summed E-state index contributed by atoms with van der Waals surface area (Å²) in [6.45, 7) is 3.03. The first-order chi connectivity index (χ1) is 34.2. The molecule has 6 N–H and O–H groups in total. The van der Waals surface area contributed by atoms with Crippen molar-refractivity contribution in [3.8, 4) is 0 Å². The van der Waals surface area contributed by atoms with Crippen LogP contribution in [0.25, 0.3) is 0 Å². The SMILES string of the molecule is CN1Cc2c(Cl)cc(Cl)cc2C(c2ccc(S(=O)(=O)NCCOCCOCCN(CCOCCOCCNS(=O)(=O)c3ccc(C4CN(C)Cc5c(Cl)cc(Cl)cc54)cc3)C(=O)C(O)C(O)C(N)=O)cc2)C1. The van der Waals surface area contributed by atoms with Crippen molar-refractivity contribution in [3.05, 3.63) is 126 Å². The molecule has 0 spiro atoms. The third-order valence-corrected chi connectivity index (χ3v) is 16.2. The van der Waals surface area contributed by atoms with Crippen LogP contribution in [0.5, 0.6) is 0 Å². The number of rotatable bonds is 27. The monoisotopic (exact) mass is 1120 g/mol. The predicted molar refractivity (Wildman–Crippen MR) is 274 cm³/mol. The van der Waals surface area contributed by atoms with E-state index in [0.29, 0.717) is 46.3 Å². The Labute approximate surface area is 440 Å². The third kappa shape index (κ3) is 15.8. The summed E-state index contributed by atoms with van der Waals surface area (Å²) in [7, 11) is -3.68. The van der Waals surface area contributed by atoms with Crippen molar-refractivity contribution in [2.24, 2.45) is 5.73 Å². The first kappa shape index (κ1) is 57.8. The number of hydrogen-bond acceptors (Lipinski definition) is 14. The van der Waals surface area contributed by atoms with Crippen LogP contribution in [0, 0.1) is 0 Å². The molecule has 0 bridgehead atoms. The van der Waals surface area contributed by atoms with Crippen molar-refractivity contribution in [2.75, 3.05) is 106 Å². The Morgan fingerprint density at radius 1 is 0.625 bits per heavy atom. The van der Waals surface area contributed by atoms with Crippen molar-refractivity contribution in [1.29, 1.82) is 0 Å². The average molecular weight is 1120 g/mol. The van der Waals surface area contributed by atoms with E-state index in [-0.39, 0.29) is 101 Å². The molecule has 0 aliphatic carbocycles. The lowest BCUT2D eigenvalue weighted by molar-refractivity contribution is -0.153. The smallest absolute Gasteiger partial charge is 0.254 e. The fourth-order valence-corrected chi connectivity index (χ4v) is 11.7. The van der Waals surface area contributed by atoms with Gasteiger partial charge in [-0.2, -0.15) is 0 Å². The van der Waals surface area contributed by atoms with Gasteiger partial charge in [0.05, 0.1) is 62.6 Å². The van der Waals surface area contributed by atoms with Crippen LogP contribution in [0.2, 0.25) is 20.1 Å². The molecule has 2 aliphatic heterocycles. The number of primary amides is 1. The van der Waals surface area contributed by atoms with Gasteiger partial charge in [-0.3, -0.25) is 9.59 Å². The van der Waals surface area contributed by atoms with E-state index in [2.05, 4.69) is 19.2 Å². The summed E-state index contributed by atoms with van der Waals surface area (Å²) in [5.41, 5.74) is 11.0. The number of hydrogen-bond donors (Lipinski definition) is 5. The molecule has 72 heavy (non-hydrogen) atoms. The molecule has 4 aromatic rings. The molecule has 0 saturated heterocycles. The topological polar surface area (TPSA) is 240 Å². The van der Waals surface area contributed by atoms with Gasteiger partial charge in [0.2, 0.25) is 26.0 Å². The van der Waals surface area contributed by atoms with Crippen LogP contribution < -0.4 is 15.2 Å². The van der Waals surface area contributed by atoms with Crippen LogP contribution in [0.1, 0.15) is 45.2 Å².